The molecule has 11 heteroatoms. The second kappa shape index (κ2) is 11.8. The summed E-state index contributed by atoms with van der Waals surface area (Å²) in [5.41, 5.74) is 3.51. The zero-order valence-electron chi connectivity index (χ0n) is 24.4. The second-order valence-electron chi connectivity index (χ2n) is 11.3. The largest absolute Gasteiger partial charge is 0.496 e. The smallest absolute Gasteiger partial charge is 0.329 e. The minimum Gasteiger partial charge on any atom is -0.496 e. The molecule has 4 rings (SSSR count). The fourth-order valence-electron chi connectivity index (χ4n) is 5.36. The maximum Gasteiger partial charge on any atom is 0.329 e. The van der Waals surface area contributed by atoms with Crippen molar-refractivity contribution >= 4 is 29.2 Å². The number of benzene rings is 2. The summed E-state index contributed by atoms with van der Waals surface area (Å²) in [7, 11) is 4.63. The van der Waals surface area contributed by atoms with Crippen LogP contribution in [-0.4, -0.2) is 87.1 Å². The number of hydrogen-bond donors (Lipinski definition) is 3. The molecule has 0 radical (unpaired) electrons. The first-order chi connectivity index (χ1) is 19.4. The van der Waals surface area contributed by atoms with Gasteiger partial charge >= 0.3 is 5.97 Å². The van der Waals surface area contributed by atoms with Gasteiger partial charge in [0.1, 0.15) is 23.9 Å². The van der Waals surface area contributed by atoms with Crippen molar-refractivity contribution in [1.82, 2.24) is 10.2 Å². The van der Waals surface area contributed by atoms with Crippen LogP contribution in [0.4, 0.5) is 5.69 Å². The van der Waals surface area contributed by atoms with Crippen LogP contribution in [0.25, 0.3) is 0 Å². The number of rotatable bonds is 10. The van der Waals surface area contributed by atoms with Crippen LogP contribution in [0, 0.1) is 5.41 Å². The maximum atomic E-state index is 13.8. The van der Waals surface area contributed by atoms with Crippen molar-refractivity contribution in [2.45, 2.75) is 45.3 Å². The molecule has 41 heavy (non-hydrogen) atoms. The lowest BCUT2D eigenvalue weighted by atomic mass is 9.84. The van der Waals surface area contributed by atoms with E-state index in [9.17, 15) is 14.4 Å². The van der Waals surface area contributed by atoms with Crippen molar-refractivity contribution in [3.63, 3.8) is 0 Å². The predicted molar refractivity (Wildman–Crippen MR) is 154 cm³/mol. The van der Waals surface area contributed by atoms with Crippen molar-refractivity contribution in [2.75, 3.05) is 52.4 Å². The summed E-state index contributed by atoms with van der Waals surface area (Å²) >= 11 is 0. The SMILES string of the molecule is CNC(=O)c1cc2c(cc1OC)CN(CC(=O)c1cc(N3CCC(OCC(=O)O)C3)c(OC)c(C(C)(C)C)c1)C2=N. The minimum atomic E-state index is -1.01. The third-order valence-corrected chi connectivity index (χ3v) is 7.50. The molecule has 2 heterocycles. The highest BCUT2D eigenvalue weighted by Crippen LogP contribution is 2.41. The van der Waals surface area contributed by atoms with Gasteiger partial charge in [0, 0.05) is 43.4 Å². The van der Waals surface area contributed by atoms with E-state index in [0.717, 1.165) is 16.8 Å². The standard InChI is InChI=1S/C30H38N4O7/c1-30(2,3)22-9-17(10-23(27(22)40-6)33-8-7-19(14-33)41-16-26(36)37)24(35)15-34-13-18-11-25(39-5)21(29(38)32-4)12-20(18)28(34)31/h9-12,19,31H,7-8,13-16H2,1-6H3,(H,32,38)(H,36,37). The number of amidine groups is 1. The molecule has 0 spiro atoms. The monoisotopic (exact) mass is 566 g/mol. The number of ether oxygens (including phenoxy) is 3. The molecule has 2 aromatic carbocycles. The number of aliphatic carboxylic acids is 1. The molecule has 1 saturated heterocycles. The van der Waals surface area contributed by atoms with E-state index in [1.165, 1.54) is 14.2 Å². The van der Waals surface area contributed by atoms with Crippen molar-refractivity contribution in [2.24, 2.45) is 0 Å². The lowest BCUT2D eigenvalue weighted by Crippen LogP contribution is -2.31. The van der Waals surface area contributed by atoms with Gasteiger partial charge in [0.05, 0.1) is 38.1 Å². The summed E-state index contributed by atoms with van der Waals surface area (Å²) in [4.78, 5) is 40.8. The molecule has 0 bridgehead atoms. The third kappa shape index (κ3) is 6.14. The molecule has 1 atom stereocenters. The van der Waals surface area contributed by atoms with Gasteiger partial charge in [0.15, 0.2) is 5.78 Å². The molecule has 3 N–H and O–H groups in total. The van der Waals surface area contributed by atoms with Gasteiger partial charge in [-0.25, -0.2) is 4.79 Å². The molecule has 220 valence electrons. The topological polar surface area (TPSA) is 141 Å². The zero-order chi connectivity index (χ0) is 30.1. The molecular weight excluding hydrogens is 528 g/mol. The number of hydrogen-bond acceptors (Lipinski definition) is 8. The fraction of sp³-hybridized carbons (Fsp3) is 0.467. The van der Waals surface area contributed by atoms with Crippen LogP contribution in [0.2, 0.25) is 0 Å². The summed E-state index contributed by atoms with van der Waals surface area (Å²) in [6.45, 7) is 7.22. The predicted octanol–water partition coefficient (Wildman–Crippen LogP) is 3.06. The first kappa shape index (κ1) is 29.9. The van der Waals surface area contributed by atoms with E-state index < -0.39 is 5.97 Å². The van der Waals surface area contributed by atoms with Gasteiger partial charge in [-0.15, -0.1) is 0 Å². The Morgan fingerprint density at radius 3 is 2.46 bits per heavy atom. The average molecular weight is 567 g/mol. The average Bonchev–Trinajstić information content (AvgIpc) is 3.53. The highest BCUT2D eigenvalue weighted by atomic mass is 16.5. The maximum absolute atomic E-state index is 13.8. The van der Waals surface area contributed by atoms with Crippen LogP contribution >= 0.6 is 0 Å². The number of carbonyl (C=O) groups excluding carboxylic acids is 2. The van der Waals surface area contributed by atoms with E-state index in [2.05, 4.69) is 31.0 Å². The Morgan fingerprint density at radius 1 is 1.12 bits per heavy atom. The van der Waals surface area contributed by atoms with Gasteiger partial charge in [-0.2, -0.15) is 0 Å². The molecule has 1 unspecified atom stereocenters. The van der Waals surface area contributed by atoms with Gasteiger partial charge < -0.3 is 34.4 Å². The van der Waals surface area contributed by atoms with Crippen LogP contribution in [0.1, 0.15) is 64.6 Å². The molecule has 2 aliphatic heterocycles. The van der Waals surface area contributed by atoms with E-state index in [1.54, 1.807) is 24.1 Å². The Kier molecular flexibility index (Phi) is 8.58. The van der Waals surface area contributed by atoms with Crippen molar-refractivity contribution < 1.29 is 33.7 Å². The van der Waals surface area contributed by atoms with Crippen molar-refractivity contribution in [1.29, 1.82) is 5.41 Å². The van der Waals surface area contributed by atoms with Crippen molar-refractivity contribution in [3.05, 3.63) is 52.1 Å². The number of carboxylic acid groups (broad SMARTS) is 1. The van der Waals surface area contributed by atoms with Crippen molar-refractivity contribution in [3.8, 4) is 11.5 Å². The van der Waals surface area contributed by atoms with Crippen LogP contribution in [0.15, 0.2) is 24.3 Å². The molecule has 0 saturated carbocycles. The van der Waals surface area contributed by atoms with Crippen LogP contribution in [0.3, 0.4) is 0 Å². The molecule has 0 aliphatic carbocycles. The zero-order valence-corrected chi connectivity index (χ0v) is 24.4. The summed E-state index contributed by atoms with van der Waals surface area (Å²) < 4.78 is 16.8. The molecule has 2 aromatic rings. The molecule has 1 fully saturated rings. The first-order valence-electron chi connectivity index (χ1n) is 13.5. The van der Waals surface area contributed by atoms with E-state index in [1.807, 2.05) is 12.1 Å². The van der Waals surface area contributed by atoms with Crippen LogP contribution in [0.5, 0.6) is 11.5 Å². The van der Waals surface area contributed by atoms with Gasteiger partial charge in [0.2, 0.25) is 0 Å². The fourth-order valence-corrected chi connectivity index (χ4v) is 5.36. The molecule has 2 aliphatic rings. The van der Waals surface area contributed by atoms with Gasteiger partial charge in [-0.05, 0) is 41.7 Å². The molecule has 0 aromatic heterocycles. The Morgan fingerprint density at radius 2 is 1.85 bits per heavy atom. The number of carbonyl (C=O) groups is 3. The Balaban J connectivity index is 1.62. The van der Waals surface area contributed by atoms with Gasteiger partial charge in [-0.3, -0.25) is 15.0 Å². The number of amides is 1. The second-order valence-corrected chi connectivity index (χ2v) is 11.3. The first-order valence-corrected chi connectivity index (χ1v) is 13.5. The van der Waals surface area contributed by atoms with E-state index in [4.69, 9.17) is 24.7 Å². The quantitative estimate of drug-likeness (QED) is 0.370. The number of anilines is 1. The third-order valence-electron chi connectivity index (χ3n) is 7.50. The minimum absolute atomic E-state index is 0.0230. The number of nitrogens with zero attached hydrogens (tertiary/aromatic N) is 2. The number of fused-ring (bicyclic) bond motifs is 1. The summed E-state index contributed by atoms with van der Waals surface area (Å²) in [5, 5.41) is 20.3. The lowest BCUT2D eigenvalue weighted by molar-refractivity contribution is -0.143. The summed E-state index contributed by atoms with van der Waals surface area (Å²) in [6, 6.07) is 7.06. The van der Waals surface area contributed by atoms with E-state index in [0.29, 0.717) is 54.2 Å². The van der Waals surface area contributed by atoms with Crippen LogP contribution < -0.4 is 19.7 Å². The molecular formula is C30H38N4O7. The Hall–Kier alpha value is -4.12. The normalized spacial score (nSPS) is 16.5. The van der Waals surface area contributed by atoms with Crippen LogP contribution in [-0.2, 0) is 21.5 Å². The lowest BCUT2D eigenvalue weighted by Gasteiger charge is -2.29. The van der Waals surface area contributed by atoms with Gasteiger partial charge in [-0.1, -0.05) is 20.8 Å². The Bertz CT molecular complexity index is 1380. The highest BCUT2D eigenvalue weighted by Gasteiger charge is 2.33. The number of ketones is 1. The number of methoxy groups -OCH3 is 2. The highest BCUT2D eigenvalue weighted by molar-refractivity contribution is 6.08. The summed E-state index contributed by atoms with van der Waals surface area (Å²) in [5.74, 6) is -0.234. The number of Topliss-reactive ketones (excluding diaryl/α,β-unsaturated/α-hetero) is 1. The number of nitrogens with one attached hydrogen (secondary N) is 2. The Labute approximate surface area is 239 Å². The molecule has 11 nitrogen and oxygen atoms in total. The number of carboxylic acids is 1. The van der Waals surface area contributed by atoms with Gasteiger partial charge in [0.25, 0.3) is 5.91 Å². The van der Waals surface area contributed by atoms with E-state index in [-0.39, 0.29) is 42.2 Å². The van der Waals surface area contributed by atoms with E-state index >= 15 is 0 Å². The summed E-state index contributed by atoms with van der Waals surface area (Å²) in [6.07, 6.45) is 0.415. The molecule has 1 amide bonds.